The Bertz CT molecular complexity index is 945. The Morgan fingerprint density at radius 3 is 2.57 bits per heavy atom. The highest BCUT2D eigenvalue weighted by Gasteiger charge is 2.23. The van der Waals surface area contributed by atoms with Gasteiger partial charge >= 0.3 is 0 Å². The largest absolute Gasteiger partial charge is 0.297 e. The van der Waals surface area contributed by atoms with E-state index in [9.17, 15) is 14.4 Å². The molecule has 0 unspecified atom stereocenters. The van der Waals surface area contributed by atoms with Crippen molar-refractivity contribution in [2.45, 2.75) is 59.5 Å². The minimum atomic E-state index is -0.455. The zero-order chi connectivity index (χ0) is 20.3. The lowest BCUT2D eigenvalue weighted by atomic mass is 9.97. The molecule has 152 valence electrons. The minimum absolute atomic E-state index is 0.162. The summed E-state index contributed by atoms with van der Waals surface area (Å²) in [5.41, 5.74) is 5.54. The quantitative estimate of drug-likeness (QED) is 0.707. The molecule has 0 saturated heterocycles. The molecule has 0 radical (unpaired) electrons. The van der Waals surface area contributed by atoms with Crippen LogP contribution in [0.2, 0.25) is 0 Å². The van der Waals surface area contributed by atoms with E-state index >= 15 is 0 Å². The Morgan fingerprint density at radius 1 is 1.18 bits per heavy atom. The SMILES string of the molecule is CCN(CC)Cc1nc2sc3c(c2c(=O)n1CC(=O)NNC(C)=O)CCCC3. The average Bonchev–Trinajstić information content (AvgIpc) is 3.05. The molecule has 1 aliphatic rings. The summed E-state index contributed by atoms with van der Waals surface area (Å²) in [7, 11) is 0. The van der Waals surface area contributed by atoms with Crippen LogP contribution < -0.4 is 16.4 Å². The second-order valence-corrected chi connectivity index (χ2v) is 8.08. The first kappa shape index (κ1) is 20.5. The summed E-state index contributed by atoms with van der Waals surface area (Å²) >= 11 is 1.61. The van der Waals surface area contributed by atoms with E-state index in [-0.39, 0.29) is 18.0 Å². The lowest BCUT2D eigenvalue weighted by Crippen LogP contribution is -2.44. The molecule has 2 aromatic rings. The van der Waals surface area contributed by atoms with Crippen LogP contribution in [0.25, 0.3) is 10.2 Å². The highest BCUT2D eigenvalue weighted by Crippen LogP contribution is 2.33. The van der Waals surface area contributed by atoms with Crippen LogP contribution in [0.1, 0.15) is 49.9 Å². The van der Waals surface area contributed by atoms with Crippen LogP contribution in [0.15, 0.2) is 4.79 Å². The van der Waals surface area contributed by atoms with Crippen LogP contribution in [0.4, 0.5) is 0 Å². The maximum absolute atomic E-state index is 13.4. The summed E-state index contributed by atoms with van der Waals surface area (Å²) in [5.74, 6) is -0.245. The normalized spacial score (nSPS) is 13.6. The van der Waals surface area contributed by atoms with Crippen LogP contribution in [0.3, 0.4) is 0 Å². The van der Waals surface area contributed by atoms with Crippen molar-refractivity contribution >= 4 is 33.4 Å². The maximum atomic E-state index is 13.4. The van der Waals surface area contributed by atoms with Crippen molar-refractivity contribution in [3.8, 4) is 0 Å². The number of aromatic nitrogens is 2. The van der Waals surface area contributed by atoms with Crippen LogP contribution in [0.5, 0.6) is 0 Å². The Labute approximate surface area is 167 Å². The van der Waals surface area contributed by atoms with E-state index in [0.29, 0.717) is 17.8 Å². The number of thiophene rings is 1. The van der Waals surface area contributed by atoms with Crippen molar-refractivity contribution in [3.63, 3.8) is 0 Å². The monoisotopic (exact) mass is 405 g/mol. The van der Waals surface area contributed by atoms with Crippen molar-refractivity contribution in [1.29, 1.82) is 0 Å². The molecule has 0 spiro atoms. The lowest BCUT2D eigenvalue weighted by Gasteiger charge is -2.20. The van der Waals surface area contributed by atoms with Gasteiger partial charge in [-0.3, -0.25) is 34.7 Å². The van der Waals surface area contributed by atoms with Gasteiger partial charge in [-0.2, -0.15) is 0 Å². The predicted octanol–water partition coefficient (Wildman–Crippen LogP) is 1.35. The molecule has 2 amide bonds. The highest BCUT2D eigenvalue weighted by atomic mass is 32.1. The van der Waals surface area contributed by atoms with Crippen molar-refractivity contribution in [3.05, 3.63) is 26.6 Å². The molecule has 0 saturated carbocycles. The molecule has 2 N–H and O–H groups in total. The fourth-order valence-electron chi connectivity index (χ4n) is 3.55. The molecule has 0 bridgehead atoms. The van der Waals surface area contributed by atoms with Crippen LogP contribution in [-0.4, -0.2) is 39.4 Å². The number of amides is 2. The number of nitrogens with one attached hydrogen (secondary N) is 2. The van der Waals surface area contributed by atoms with E-state index < -0.39 is 5.91 Å². The summed E-state index contributed by atoms with van der Waals surface area (Å²) in [5, 5.41) is 0.662. The van der Waals surface area contributed by atoms with E-state index in [1.165, 1.54) is 16.4 Å². The van der Waals surface area contributed by atoms with Gasteiger partial charge in [-0.05, 0) is 44.3 Å². The summed E-state index contributed by atoms with van der Waals surface area (Å²) in [6.45, 7) is 7.38. The van der Waals surface area contributed by atoms with Gasteiger partial charge in [-0.1, -0.05) is 13.8 Å². The van der Waals surface area contributed by atoms with E-state index in [4.69, 9.17) is 4.98 Å². The Kier molecular flexibility index (Phi) is 6.46. The first-order chi connectivity index (χ1) is 13.4. The minimum Gasteiger partial charge on any atom is -0.297 e. The molecule has 0 aromatic carbocycles. The van der Waals surface area contributed by atoms with E-state index in [1.54, 1.807) is 11.3 Å². The van der Waals surface area contributed by atoms with Crippen molar-refractivity contribution in [2.75, 3.05) is 13.1 Å². The zero-order valence-corrected chi connectivity index (χ0v) is 17.4. The van der Waals surface area contributed by atoms with Crippen LogP contribution in [0, 0.1) is 0 Å². The van der Waals surface area contributed by atoms with E-state index in [1.807, 2.05) is 0 Å². The van der Waals surface area contributed by atoms with Gasteiger partial charge in [0.25, 0.3) is 11.5 Å². The smallest absolute Gasteiger partial charge is 0.263 e. The highest BCUT2D eigenvalue weighted by molar-refractivity contribution is 7.18. The zero-order valence-electron chi connectivity index (χ0n) is 16.6. The number of hydrogen-bond donors (Lipinski definition) is 2. The fourth-order valence-corrected chi connectivity index (χ4v) is 4.82. The maximum Gasteiger partial charge on any atom is 0.263 e. The first-order valence-electron chi connectivity index (χ1n) is 9.76. The molecule has 0 aliphatic heterocycles. The van der Waals surface area contributed by atoms with E-state index in [0.717, 1.165) is 49.2 Å². The Balaban J connectivity index is 2.05. The van der Waals surface area contributed by atoms with Crippen LogP contribution >= 0.6 is 11.3 Å². The predicted molar refractivity (Wildman–Crippen MR) is 109 cm³/mol. The fraction of sp³-hybridized carbons (Fsp3) is 0.579. The average molecular weight is 406 g/mol. The summed E-state index contributed by atoms with van der Waals surface area (Å²) in [4.78, 5) is 45.7. The van der Waals surface area contributed by atoms with Gasteiger partial charge in [0.2, 0.25) is 5.91 Å². The third-order valence-electron chi connectivity index (χ3n) is 5.09. The Hall–Kier alpha value is -2.26. The van der Waals surface area contributed by atoms with Crippen LogP contribution in [-0.2, 0) is 35.5 Å². The number of fused-ring (bicyclic) bond motifs is 3. The second-order valence-electron chi connectivity index (χ2n) is 7.00. The molecule has 28 heavy (non-hydrogen) atoms. The molecule has 9 heteroatoms. The van der Waals surface area contributed by atoms with Gasteiger partial charge in [-0.15, -0.1) is 11.3 Å². The molecule has 8 nitrogen and oxygen atoms in total. The second kappa shape index (κ2) is 8.83. The molecule has 2 heterocycles. The molecule has 3 rings (SSSR count). The topological polar surface area (TPSA) is 96.3 Å². The number of aryl methyl sites for hydroxylation is 2. The number of carbonyl (C=O) groups is 2. The van der Waals surface area contributed by atoms with Gasteiger partial charge in [-0.25, -0.2) is 4.98 Å². The van der Waals surface area contributed by atoms with Crippen molar-refractivity contribution in [2.24, 2.45) is 0 Å². The standard InChI is InChI=1S/C19H27N5O3S/c1-4-23(5-2)10-15-20-18-17(13-8-6-7-9-14(13)28-18)19(27)24(15)11-16(26)22-21-12(3)25/h4-11H2,1-3H3,(H,21,25)(H,22,26). The number of nitrogens with zero attached hydrogens (tertiary/aromatic N) is 3. The number of carbonyl (C=O) groups excluding carboxylic acids is 2. The Morgan fingerprint density at radius 2 is 1.89 bits per heavy atom. The number of rotatable bonds is 6. The summed E-state index contributed by atoms with van der Waals surface area (Å²) < 4.78 is 1.46. The van der Waals surface area contributed by atoms with E-state index in [2.05, 4.69) is 29.6 Å². The lowest BCUT2D eigenvalue weighted by molar-refractivity contribution is -0.128. The molecule has 0 atom stereocenters. The first-order valence-corrected chi connectivity index (χ1v) is 10.6. The molecule has 1 aliphatic carbocycles. The molecule has 0 fully saturated rings. The van der Waals surface area contributed by atoms with Gasteiger partial charge in [0.15, 0.2) is 0 Å². The summed E-state index contributed by atoms with van der Waals surface area (Å²) in [6, 6.07) is 0. The molecular formula is C19H27N5O3S. The molecule has 2 aromatic heterocycles. The number of hydrazine groups is 1. The van der Waals surface area contributed by atoms with Crippen molar-refractivity contribution in [1.82, 2.24) is 25.3 Å². The van der Waals surface area contributed by atoms with Gasteiger partial charge in [0.1, 0.15) is 17.2 Å². The third-order valence-corrected chi connectivity index (χ3v) is 6.28. The van der Waals surface area contributed by atoms with Gasteiger partial charge < -0.3 is 0 Å². The molecular weight excluding hydrogens is 378 g/mol. The van der Waals surface area contributed by atoms with Gasteiger partial charge in [0.05, 0.1) is 11.9 Å². The third kappa shape index (κ3) is 4.25. The van der Waals surface area contributed by atoms with Crippen molar-refractivity contribution < 1.29 is 9.59 Å². The summed E-state index contributed by atoms with van der Waals surface area (Å²) in [6.07, 6.45) is 4.09. The number of hydrogen-bond acceptors (Lipinski definition) is 6. The van der Waals surface area contributed by atoms with Gasteiger partial charge in [0, 0.05) is 11.8 Å².